The fourth-order valence-electron chi connectivity index (χ4n) is 2.97. The molecule has 0 spiro atoms. The van der Waals surface area contributed by atoms with E-state index in [2.05, 4.69) is 48.7 Å². The van der Waals surface area contributed by atoms with Gasteiger partial charge in [0.25, 0.3) is 0 Å². The minimum atomic E-state index is 0. The predicted octanol–water partition coefficient (Wildman–Crippen LogP) is 3.67. The number of aryl methyl sites for hydroxylation is 1. The fraction of sp³-hybridized carbons (Fsp3) is 0.632. The van der Waals surface area contributed by atoms with E-state index in [-0.39, 0.29) is 18.3 Å². The zero-order valence-corrected chi connectivity index (χ0v) is 15.3. The lowest BCUT2D eigenvalue weighted by Crippen LogP contribution is -2.25. The van der Waals surface area contributed by atoms with Crippen molar-refractivity contribution in [3.63, 3.8) is 0 Å². The summed E-state index contributed by atoms with van der Waals surface area (Å²) in [6.45, 7) is 7.41. The molecule has 3 nitrogen and oxygen atoms in total. The van der Waals surface area contributed by atoms with E-state index >= 15 is 0 Å². The Kier molecular flexibility index (Phi) is 9.27. The molecule has 0 radical (unpaired) electrons. The maximum Gasteiger partial charge on any atom is 0.220 e. The summed E-state index contributed by atoms with van der Waals surface area (Å²) in [5, 5.41) is 6.39. The monoisotopic (exact) mass is 338 g/mol. The minimum Gasteiger partial charge on any atom is -0.356 e. The average Bonchev–Trinajstić information content (AvgIpc) is 3.03. The van der Waals surface area contributed by atoms with E-state index in [1.54, 1.807) is 0 Å². The van der Waals surface area contributed by atoms with E-state index in [4.69, 9.17) is 0 Å². The van der Waals surface area contributed by atoms with Gasteiger partial charge in [0.15, 0.2) is 0 Å². The molecule has 1 aliphatic rings. The highest BCUT2D eigenvalue weighted by Crippen LogP contribution is 2.15. The van der Waals surface area contributed by atoms with Crippen LogP contribution in [0.15, 0.2) is 24.3 Å². The summed E-state index contributed by atoms with van der Waals surface area (Å²) in [5.74, 6) is 1.50. The summed E-state index contributed by atoms with van der Waals surface area (Å²) in [6.07, 6.45) is 4.97. The van der Waals surface area contributed by atoms with Crippen LogP contribution in [0.5, 0.6) is 0 Å². The van der Waals surface area contributed by atoms with E-state index in [1.807, 2.05) is 0 Å². The third kappa shape index (κ3) is 7.36. The first-order chi connectivity index (χ1) is 10.6. The molecule has 1 fully saturated rings. The number of nitrogens with one attached hydrogen (secondary N) is 2. The Morgan fingerprint density at radius 1 is 1.30 bits per heavy atom. The normalized spacial score (nSPS) is 17.1. The number of carbonyl (C=O) groups is 1. The second kappa shape index (κ2) is 10.7. The molecule has 1 aromatic rings. The lowest BCUT2D eigenvalue weighted by Gasteiger charge is -2.09. The number of benzene rings is 1. The van der Waals surface area contributed by atoms with Gasteiger partial charge < -0.3 is 10.6 Å². The van der Waals surface area contributed by atoms with E-state index in [0.717, 1.165) is 38.9 Å². The summed E-state index contributed by atoms with van der Waals surface area (Å²) < 4.78 is 0. The third-order valence-electron chi connectivity index (χ3n) is 4.55. The highest BCUT2D eigenvalue weighted by molar-refractivity contribution is 5.85. The van der Waals surface area contributed by atoms with Gasteiger partial charge in [0.05, 0.1) is 0 Å². The Morgan fingerprint density at radius 2 is 2.04 bits per heavy atom. The predicted molar refractivity (Wildman–Crippen MR) is 99.3 cm³/mol. The van der Waals surface area contributed by atoms with Crippen molar-refractivity contribution in [3.05, 3.63) is 35.4 Å². The van der Waals surface area contributed by atoms with Crippen LogP contribution in [-0.4, -0.2) is 25.5 Å². The zero-order valence-electron chi connectivity index (χ0n) is 14.4. The van der Waals surface area contributed by atoms with Crippen molar-refractivity contribution in [2.45, 2.75) is 51.9 Å². The van der Waals surface area contributed by atoms with Gasteiger partial charge in [0, 0.05) is 13.0 Å². The molecule has 1 heterocycles. The summed E-state index contributed by atoms with van der Waals surface area (Å²) in [5.41, 5.74) is 2.74. The number of carbonyl (C=O) groups excluding carboxylic acids is 1. The molecule has 0 aromatic heterocycles. The summed E-state index contributed by atoms with van der Waals surface area (Å²) in [4.78, 5) is 11.8. The largest absolute Gasteiger partial charge is 0.356 e. The molecule has 2 N–H and O–H groups in total. The number of hydrogen-bond acceptors (Lipinski definition) is 2. The molecule has 1 amide bonds. The van der Waals surface area contributed by atoms with Gasteiger partial charge in [-0.1, -0.05) is 38.1 Å². The molecule has 23 heavy (non-hydrogen) atoms. The van der Waals surface area contributed by atoms with Crippen LogP contribution < -0.4 is 10.6 Å². The molecule has 1 saturated heterocycles. The zero-order chi connectivity index (χ0) is 15.8. The van der Waals surface area contributed by atoms with Gasteiger partial charge in [-0.05, 0) is 61.7 Å². The van der Waals surface area contributed by atoms with Crippen molar-refractivity contribution in [1.29, 1.82) is 0 Å². The maximum absolute atomic E-state index is 11.8. The van der Waals surface area contributed by atoms with E-state index < -0.39 is 0 Å². The fourth-order valence-corrected chi connectivity index (χ4v) is 2.97. The second-order valence-electron chi connectivity index (χ2n) is 6.75. The number of halogens is 1. The van der Waals surface area contributed by atoms with Gasteiger partial charge in [0.1, 0.15) is 0 Å². The SMILES string of the molecule is CC(C)c1ccc(CCCNC(=O)CCC2CCNC2)cc1.Cl. The van der Waals surface area contributed by atoms with Crippen LogP contribution in [-0.2, 0) is 11.2 Å². The summed E-state index contributed by atoms with van der Waals surface area (Å²) >= 11 is 0. The molecule has 1 aromatic carbocycles. The Morgan fingerprint density at radius 3 is 2.65 bits per heavy atom. The molecule has 4 heteroatoms. The smallest absolute Gasteiger partial charge is 0.220 e. The third-order valence-corrected chi connectivity index (χ3v) is 4.55. The van der Waals surface area contributed by atoms with Crippen LogP contribution in [0.1, 0.15) is 56.6 Å². The Bertz CT molecular complexity index is 453. The topological polar surface area (TPSA) is 41.1 Å². The van der Waals surface area contributed by atoms with E-state index in [9.17, 15) is 4.79 Å². The highest BCUT2D eigenvalue weighted by Gasteiger charge is 2.15. The molecule has 0 bridgehead atoms. The molecular formula is C19H31ClN2O. The Labute approximate surface area is 147 Å². The summed E-state index contributed by atoms with van der Waals surface area (Å²) in [7, 11) is 0. The van der Waals surface area contributed by atoms with Crippen LogP contribution in [0, 0.1) is 5.92 Å². The van der Waals surface area contributed by atoms with Crippen molar-refractivity contribution < 1.29 is 4.79 Å². The van der Waals surface area contributed by atoms with Crippen LogP contribution >= 0.6 is 12.4 Å². The first-order valence-electron chi connectivity index (χ1n) is 8.71. The molecule has 0 saturated carbocycles. The number of hydrogen-bond donors (Lipinski definition) is 2. The van der Waals surface area contributed by atoms with Crippen molar-refractivity contribution in [2.24, 2.45) is 5.92 Å². The second-order valence-corrected chi connectivity index (χ2v) is 6.75. The number of rotatable bonds is 8. The first kappa shape index (κ1) is 20.0. The lowest BCUT2D eigenvalue weighted by atomic mass is 10.0. The van der Waals surface area contributed by atoms with Crippen LogP contribution in [0.4, 0.5) is 0 Å². The average molecular weight is 339 g/mol. The standard InChI is InChI=1S/C19H30N2O.ClH/c1-15(2)18-8-5-16(6-9-18)4-3-12-21-19(22)10-7-17-11-13-20-14-17;/h5-6,8-9,15,17,20H,3-4,7,10-14H2,1-2H3,(H,21,22);1H. The Hall–Kier alpha value is -1.06. The van der Waals surface area contributed by atoms with Gasteiger partial charge in [0.2, 0.25) is 5.91 Å². The van der Waals surface area contributed by atoms with Gasteiger partial charge in [-0.2, -0.15) is 0 Å². The van der Waals surface area contributed by atoms with E-state index in [0.29, 0.717) is 18.3 Å². The molecule has 1 atom stereocenters. The molecule has 1 unspecified atom stereocenters. The van der Waals surface area contributed by atoms with Crippen LogP contribution in [0.2, 0.25) is 0 Å². The minimum absolute atomic E-state index is 0. The Balaban J connectivity index is 0.00000264. The van der Waals surface area contributed by atoms with E-state index in [1.165, 1.54) is 17.5 Å². The maximum atomic E-state index is 11.8. The molecule has 130 valence electrons. The van der Waals surface area contributed by atoms with Crippen molar-refractivity contribution in [2.75, 3.05) is 19.6 Å². The van der Waals surface area contributed by atoms with Crippen molar-refractivity contribution >= 4 is 18.3 Å². The van der Waals surface area contributed by atoms with Crippen LogP contribution in [0.25, 0.3) is 0 Å². The van der Waals surface area contributed by atoms with Gasteiger partial charge >= 0.3 is 0 Å². The molecule has 0 aliphatic carbocycles. The van der Waals surface area contributed by atoms with Gasteiger partial charge in [-0.25, -0.2) is 0 Å². The van der Waals surface area contributed by atoms with Crippen LogP contribution in [0.3, 0.4) is 0 Å². The molecule has 2 rings (SSSR count). The van der Waals surface area contributed by atoms with Gasteiger partial charge in [-0.15, -0.1) is 12.4 Å². The molecule has 1 aliphatic heterocycles. The van der Waals surface area contributed by atoms with Gasteiger partial charge in [-0.3, -0.25) is 4.79 Å². The molecular weight excluding hydrogens is 308 g/mol. The van der Waals surface area contributed by atoms with Crippen molar-refractivity contribution in [1.82, 2.24) is 10.6 Å². The summed E-state index contributed by atoms with van der Waals surface area (Å²) in [6, 6.07) is 8.86. The lowest BCUT2D eigenvalue weighted by molar-refractivity contribution is -0.121. The quantitative estimate of drug-likeness (QED) is 0.710. The first-order valence-corrected chi connectivity index (χ1v) is 8.71. The van der Waals surface area contributed by atoms with Crippen molar-refractivity contribution in [3.8, 4) is 0 Å². The highest BCUT2D eigenvalue weighted by atomic mass is 35.5. The number of amides is 1.